The third-order valence-corrected chi connectivity index (χ3v) is 5.59. The number of aromatic nitrogens is 2. The van der Waals surface area contributed by atoms with Gasteiger partial charge in [0.2, 0.25) is 11.8 Å². The van der Waals surface area contributed by atoms with Gasteiger partial charge in [-0.2, -0.15) is 4.98 Å². The molecule has 1 aliphatic rings. The van der Waals surface area contributed by atoms with Gasteiger partial charge >= 0.3 is 0 Å². The predicted octanol–water partition coefficient (Wildman–Crippen LogP) is 4.40. The standard InChI is InChI=1S/C24H24ClFN4O2/c25-20-5-1-18(2-6-20)16-30-13-11-19(12-14-30)24-28-23(32-29-24)10-9-22(31)27-15-17-3-7-21(26)8-4-17/h1-8,11H,9-10,12-16H2,(H,27,31). The highest BCUT2D eigenvalue weighted by atomic mass is 35.5. The van der Waals surface area contributed by atoms with E-state index in [-0.39, 0.29) is 18.1 Å². The van der Waals surface area contributed by atoms with Crippen LogP contribution in [-0.2, 0) is 24.3 Å². The van der Waals surface area contributed by atoms with E-state index in [1.165, 1.54) is 17.7 Å². The molecule has 0 radical (unpaired) electrons. The van der Waals surface area contributed by atoms with E-state index in [0.717, 1.165) is 42.2 Å². The number of nitrogens with one attached hydrogen (secondary N) is 1. The average Bonchev–Trinajstić information content (AvgIpc) is 3.28. The summed E-state index contributed by atoms with van der Waals surface area (Å²) in [5.41, 5.74) is 3.13. The van der Waals surface area contributed by atoms with Gasteiger partial charge in [-0.15, -0.1) is 0 Å². The van der Waals surface area contributed by atoms with Crippen molar-refractivity contribution in [1.82, 2.24) is 20.4 Å². The van der Waals surface area contributed by atoms with Crippen molar-refractivity contribution in [2.45, 2.75) is 32.4 Å². The largest absolute Gasteiger partial charge is 0.352 e. The maximum absolute atomic E-state index is 12.9. The van der Waals surface area contributed by atoms with Gasteiger partial charge in [0.25, 0.3) is 0 Å². The SMILES string of the molecule is O=C(CCc1nc(C2=CCN(Cc3ccc(Cl)cc3)CC2)no1)NCc1ccc(F)cc1. The number of carbonyl (C=O) groups is 1. The van der Waals surface area contributed by atoms with Crippen molar-refractivity contribution in [2.75, 3.05) is 13.1 Å². The minimum absolute atomic E-state index is 0.121. The lowest BCUT2D eigenvalue weighted by Crippen LogP contribution is -2.28. The van der Waals surface area contributed by atoms with E-state index in [0.29, 0.717) is 24.7 Å². The molecular formula is C24H24ClFN4O2. The highest BCUT2D eigenvalue weighted by molar-refractivity contribution is 6.30. The molecule has 3 aromatic rings. The smallest absolute Gasteiger partial charge is 0.227 e. The lowest BCUT2D eigenvalue weighted by Gasteiger charge is -2.25. The zero-order valence-corrected chi connectivity index (χ0v) is 18.3. The zero-order valence-electron chi connectivity index (χ0n) is 17.6. The summed E-state index contributed by atoms with van der Waals surface area (Å²) in [5, 5.41) is 7.64. The van der Waals surface area contributed by atoms with Crippen molar-refractivity contribution in [2.24, 2.45) is 0 Å². The van der Waals surface area contributed by atoms with Crippen molar-refractivity contribution in [3.8, 4) is 0 Å². The number of hydrogen-bond acceptors (Lipinski definition) is 5. The number of nitrogens with zero attached hydrogens (tertiary/aromatic N) is 3. The first-order valence-corrected chi connectivity index (χ1v) is 10.9. The maximum atomic E-state index is 12.9. The van der Waals surface area contributed by atoms with Crippen LogP contribution in [0.2, 0.25) is 5.02 Å². The predicted molar refractivity (Wildman–Crippen MR) is 120 cm³/mol. The number of carbonyl (C=O) groups excluding carboxylic acids is 1. The summed E-state index contributed by atoms with van der Waals surface area (Å²) in [6, 6.07) is 13.9. The van der Waals surface area contributed by atoms with E-state index in [2.05, 4.69) is 26.4 Å². The fourth-order valence-corrected chi connectivity index (χ4v) is 3.63. The summed E-state index contributed by atoms with van der Waals surface area (Å²) in [7, 11) is 0. The van der Waals surface area contributed by atoms with Crippen molar-refractivity contribution in [1.29, 1.82) is 0 Å². The number of aryl methyl sites for hydroxylation is 1. The summed E-state index contributed by atoms with van der Waals surface area (Å²) in [4.78, 5) is 18.9. The van der Waals surface area contributed by atoms with Crippen LogP contribution in [0.25, 0.3) is 5.57 Å². The van der Waals surface area contributed by atoms with E-state index < -0.39 is 0 Å². The van der Waals surface area contributed by atoms with Crippen LogP contribution in [0.15, 0.2) is 59.1 Å². The Morgan fingerprint density at radius 1 is 1.12 bits per heavy atom. The number of benzene rings is 2. The molecule has 6 nitrogen and oxygen atoms in total. The van der Waals surface area contributed by atoms with Gasteiger partial charge in [0.1, 0.15) is 5.82 Å². The molecule has 1 N–H and O–H groups in total. The molecule has 2 heterocycles. The molecule has 0 unspecified atom stereocenters. The van der Waals surface area contributed by atoms with Gasteiger partial charge in [0.15, 0.2) is 5.82 Å². The molecule has 4 rings (SSSR count). The van der Waals surface area contributed by atoms with Crippen LogP contribution in [-0.4, -0.2) is 34.0 Å². The molecule has 0 fully saturated rings. The molecule has 0 saturated carbocycles. The molecule has 0 atom stereocenters. The number of halogens is 2. The Morgan fingerprint density at radius 2 is 1.88 bits per heavy atom. The topological polar surface area (TPSA) is 71.3 Å². The zero-order chi connectivity index (χ0) is 22.3. The van der Waals surface area contributed by atoms with E-state index in [1.54, 1.807) is 12.1 Å². The molecule has 1 amide bonds. The van der Waals surface area contributed by atoms with Crippen molar-refractivity contribution >= 4 is 23.1 Å². The Morgan fingerprint density at radius 3 is 2.59 bits per heavy atom. The Labute approximate surface area is 191 Å². The summed E-state index contributed by atoms with van der Waals surface area (Å²) < 4.78 is 18.3. The Bertz CT molecular complexity index is 1080. The minimum atomic E-state index is -0.297. The molecule has 8 heteroatoms. The quantitative estimate of drug-likeness (QED) is 0.546. The number of amides is 1. The third kappa shape index (κ3) is 6.24. The van der Waals surface area contributed by atoms with Crippen LogP contribution in [0.4, 0.5) is 4.39 Å². The van der Waals surface area contributed by atoms with Crippen LogP contribution < -0.4 is 5.32 Å². The fourth-order valence-electron chi connectivity index (χ4n) is 3.50. The summed E-state index contributed by atoms with van der Waals surface area (Å²) in [6.07, 6.45) is 3.59. The van der Waals surface area contributed by atoms with Gasteiger partial charge in [-0.25, -0.2) is 4.39 Å². The molecule has 0 saturated heterocycles. The highest BCUT2D eigenvalue weighted by Crippen LogP contribution is 2.22. The first-order valence-electron chi connectivity index (χ1n) is 10.5. The van der Waals surface area contributed by atoms with E-state index in [4.69, 9.17) is 16.1 Å². The monoisotopic (exact) mass is 454 g/mol. The summed E-state index contributed by atoms with van der Waals surface area (Å²) in [6.45, 7) is 2.94. The second-order valence-corrected chi connectivity index (χ2v) is 8.19. The molecule has 2 aromatic carbocycles. The van der Waals surface area contributed by atoms with Crippen LogP contribution in [0.3, 0.4) is 0 Å². The molecular weight excluding hydrogens is 431 g/mol. The Hall–Kier alpha value is -3.03. The molecule has 32 heavy (non-hydrogen) atoms. The second-order valence-electron chi connectivity index (χ2n) is 7.76. The summed E-state index contributed by atoms with van der Waals surface area (Å²) >= 11 is 5.95. The van der Waals surface area contributed by atoms with Crippen molar-refractivity contribution in [3.63, 3.8) is 0 Å². The van der Waals surface area contributed by atoms with Gasteiger partial charge < -0.3 is 9.84 Å². The van der Waals surface area contributed by atoms with Crippen LogP contribution in [0.1, 0.15) is 35.7 Å². The second kappa shape index (κ2) is 10.5. The average molecular weight is 455 g/mol. The molecule has 1 aliphatic heterocycles. The number of hydrogen-bond donors (Lipinski definition) is 1. The molecule has 166 valence electrons. The van der Waals surface area contributed by atoms with Crippen LogP contribution in [0, 0.1) is 5.82 Å². The third-order valence-electron chi connectivity index (χ3n) is 5.34. The van der Waals surface area contributed by atoms with Gasteiger partial charge in [0.05, 0.1) is 0 Å². The molecule has 0 bridgehead atoms. The molecule has 0 spiro atoms. The first-order chi connectivity index (χ1) is 15.5. The van der Waals surface area contributed by atoms with Gasteiger partial charge in [-0.05, 0) is 47.4 Å². The van der Waals surface area contributed by atoms with Crippen LogP contribution in [0.5, 0.6) is 0 Å². The van der Waals surface area contributed by atoms with Gasteiger partial charge in [-0.1, -0.05) is 47.1 Å². The minimum Gasteiger partial charge on any atom is -0.352 e. The lowest BCUT2D eigenvalue weighted by molar-refractivity contribution is -0.121. The van der Waals surface area contributed by atoms with Gasteiger partial charge in [0, 0.05) is 44.0 Å². The summed E-state index contributed by atoms with van der Waals surface area (Å²) in [5.74, 6) is 0.623. The van der Waals surface area contributed by atoms with Crippen molar-refractivity contribution < 1.29 is 13.7 Å². The normalized spacial score (nSPS) is 14.2. The Kier molecular flexibility index (Phi) is 7.29. The lowest BCUT2D eigenvalue weighted by atomic mass is 10.1. The first kappa shape index (κ1) is 22.2. The Balaban J connectivity index is 1.23. The molecule has 0 aliphatic carbocycles. The van der Waals surface area contributed by atoms with Crippen LogP contribution >= 0.6 is 11.6 Å². The maximum Gasteiger partial charge on any atom is 0.227 e. The van der Waals surface area contributed by atoms with E-state index in [9.17, 15) is 9.18 Å². The number of rotatable bonds is 8. The van der Waals surface area contributed by atoms with Gasteiger partial charge in [-0.3, -0.25) is 9.69 Å². The fraction of sp³-hybridized carbons (Fsp3) is 0.292. The highest BCUT2D eigenvalue weighted by Gasteiger charge is 2.18. The van der Waals surface area contributed by atoms with Crippen molar-refractivity contribution in [3.05, 3.63) is 88.3 Å². The molecule has 1 aromatic heterocycles. The van der Waals surface area contributed by atoms with E-state index >= 15 is 0 Å². The van der Waals surface area contributed by atoms with E-state index in [1.807, 2.05) is 24.3 Å².